The van der Waals surface area contributed by atoms with Crippen LogP contribution in [0.4, 0.5) is 0 Å². The highest BCUT2D eigenvalue weighted by atomic mass is 16.7. The fourth-order valence-corrected chi connectivity index (χ4v) is 3.57. The zero-order chi connectivity index (χ0) is 24.1. The van der Waals surface area contributed by atoms with E-state index < -0.39 is 5.97 Å². The van der Waals surface area contributed by atoms with Gasteiger partial charge >= 0.3 is 5.97 Å². The Bertz CT molecular complexity index is 1310. The van der Waals surface area contributed by atoms with Crippen LogP contribution in [0.5, 0.6) is 5.75 Å². The summed E-state index contributed by atoms with van der Waals surface area (Å²) in [5.41, 5.74) is 3.80. The first-order chi connectivity index (χ1) is 16.5. The van der Waals surface area contributed by atoms with Crippen LogP contribution >= 0.6 is 0 Å². The summed E-state index contributed by atoms with van der Waals surface area (Å²) in [6.45, 7) is 2.33. The number of carbonyl (C=O) groups is 2. The summed E-state index contributed by atoms with van der Waals surface area (Å²) < 4.78 is 10.2. The number of nitrogens with one attached hydrogen (secondary N) is 1. The average Bonchev–Trinajstić information content (AvgIpc) is 3.31. The zero-order valence-electron chi connectivity index (χ0n) is 19.2. The summed E-state index contributed by atoms with van der Waals surface area (Å²) in [5.74, 6) is -0.0165. The van der Waals surface area contributed by atoms with Gasteiger partial charge in [-0.1, -0.05) is 24.3 Å². The Kier molecular flexibility index (Phi) is 6.89. The number of ether oxygens (including phenoxy) is 2. The molecule has 0 fully saturated rings. The Balaban J connectivity index is 1.56. The van der Waals surface area contributed by atoms with Gasteiger partial charge in [0.1, 0.15) is 17.1 Å². The minimum Gasteiger partial charge on any atom is -0.497 e. The molecular weight excluding hydrogens is 434 g/mol. The van der Waals surface area contributed by atoms with E-state index in [0.29, 0.717) is 18.0 Å². The Morgan fingerprint density at radius 2 is 1.79 bits per heavy atom. The van der Waals surface area contributed by atoms with Crippen molar-refractivity contribution in [2.24, 2.45) is 0 Å². The van der Waals surface area contributed by atoms with Crippen LogP contribution in [0.3, 0.4) is 0 Å². The highest BCUT2D eigenvalue weighted by Crippen LogP contribution is 2.25. The molecule has 1 amide bonds. The van der Waals surface area contributed by atoms with Crippen molar-refractivity contribution in [1.29, 1.82) is 0 Å². The van der Waals surface area contributed by atoms with E-state index in [1.165, 1.54) is 12.2 Å². The molecule has 0 unspecified atom stereocenters. The number of rotatable bonds is 8. The molecule has 0 aliphatic heterocycles. The fraction of sp³-hybridized carbons (Fsp3) is 0.192. The number of pyridine rings is 1. The molecule has 0 aliphatic carbocycles. The smallest absolute Gasteiger partial charge is 0.354 e. The number of H-pyrrole nitrogens is 1. The summed E-state index contributed by atoms with van der Waals surface area (Å²) in [5, 5.41) is 2.10. The lowest BCUT2D eigenvalue weighted by molar-refractivity contribution is -0.102. The van der Waals surface area contributed by atoms with Gasteiger partial charge in [0.15, 0.2) is 0 Å². The molecule has 2 aromatic heterocycles. The number of fused-ring (bicyclic) bond motifs is 1. The third-order valence-electron chi connectivity index (χ3n) is 5.31. The number of methoxy groups -OCH3 is 1. The number of aromatic amines is 1. The second kappa shape index (κ2) is 10.2. The lowest BCUT2D eigenvalue weighted by atomic mass is 10.1. The highest BCUT2D eigenvalue weighted by Gasteiger charge is 2.19. The number of benzene rings is 2. The monoisotopic (exact) mass is 459 g/mol. The summed E-state index contributed by atoms with van der Waals surface area (Å²) in [4.78, 5) is 38.1. The maximum Gasteiger partial charge on any atom is 0.354 e. The van der Waals surface area contributed by atoms with Crippen LogP contribution in [0, 0.1) is 0 Å². The number of aromatic nitrogens is 2. The van der Waals surface area contributed by atoms with Crippen molar-refractivity contribution in [2.45, 2.75) is 13.5 Å². The predicted octanol–water partition coefficient (Wildman–Crippen LogP) is 4.62. The molecule has 1 N–H and O–H groups in total. The van der Waals surface area contributed by atoms with E-state index in [9.17, 15) is 9.59 Å². The highest BCUT2D eigenvalue weighted by molar-refractivity contribution is 5.96. The summed E-state index contributed by atoms with van der Waals surface area (Å²) >= 11 is 0. The van der Waals surface area contributed by atoms with Crippen LogP contribution < -0.4 is 4.74 Å². The van der Waals surface area contributed by atoms with Crippen molar-refractivity contribution in [3.8, 4) is 17.0 Å². The van der Waals surface area contributed by atoms with Gasteiger partial charge in [-0.25, -0.2) is 14.8 Å². The molecule has 0 aliphatic rings. The third kappa shape index (κ3) is 4.92. The lowest BCUT2D eigenvalue weighted by Crippen LogP contribution is -2.30. The Labute approximate surface area is 197 Å². The van der Waals surface area contributed by atoms with Crippen molar-refractivity contribution in [2.75, 3.05) is 20.8 Å². The molecule has 8 heteroatoms. The van der Waals surface area contributed by atoms with Gasteiger partial charge in [0, 0.05) is 16.5 Å². The molecule has 2 aromatic carbocycles. The predicted molar refractivity (Wildman–Crippen MR) is 127 cm³/mol. The molecule has 0 spiro atoms. The summed E-state index contributed by atoms with van der Waals surface area (Å²) in [6.07, 6.45) is 0. The van der Waals surface area contributed by atoms with Gasteiger partial charge in [-0.15, -0.1) is 0 Å². The number of esters is 1. The third-order valence-corrected chi connectivity index (χ3v) is 5.31. The van der Waals surface area contributed by atoms with Crippen molar-refractivity contribution in [3.05, 3.63) is 83.7 Å². The number of amides is 1. The minimum absolute atomic E-state index is 0.259. The largest absolute Gasteiger partial charge is 0.497 e. The second-order valence-corrected chi connectivity index (χ2v) is 7.49. The number of hydroxylamine groups is 2. The molecule has 34 heavy (non-hydrogen) atoms. The maximum atomic E-state index is 13.1. The first kappa shape index (κ1) is 23.0. The van der Waals surface area contributed by atoms with E-state index in [4.69, 9.17) is 14.3 Å². The van der Waals surface area contributed by atoms with Crippen LogP contribution in [-0.2, 0) is 16.1 Å². The summed E-state index contributed by atoms with van der Waals surface area (Å²) in [6, 6.07) is 20.1. The van der Waals surface area contributed by atoms with Crippen LogP contribution in [0.2, 0.25) is 0 Å². The first-order valence-corrected chi connectivity index (χ1v) is 10.8. The molecule has 0 saturated carbocycles. The van der Waals surface area contributed by atoms with Gasteiger partial charge in [-0.3, -0.25) is 9.63 Å². The van der Waals surface area contributed by atoms with Gasteiger partial charge in [0.05, 0.1) is 33.1 Å². The number of hydrogen-bond donors (Lipinski definition) is 1. The number of nitrogens with zero attached hydrogens (tertiary/aromatic N) is 2. The molecule has 0 bridgehead atoms. The van der Waals surface area contributed by atoms with Crippen LogP contribution in [0.25, 0.3) is 22.2 Å². The normalized spacial score (nSPS) is 10.8. The van der Waals surface area contributed by atoms with Gasteiger partial charge in [-0.2, -0.15) is 0 Å². The van der Waals surface area contributed by atoms with Crippen molar-refractivity contribution < 1.29 is 23.9 Å². The standard InChI is InChI=1S/C26H25N3O5/c1-4-34-26(31)24-15-19-14-18(10-13-22(19)28-24)21-6-5-7-23(27-21)25(30)29(33-3)16-17-8-11-20(32-2)12-9-17/h5-15,28H,4,16H2,1-3H3. The Hall–Kier alpha value is -4.17. The quantitative estimate of drug-likeness (QED) is 0.305. The first-order valence-electron chi connectivity index (χ1n) is 10.8. The minimum atomic E-state index is -0.400. The molecule has 0 radical (unpaired) electrons. The van der Waals surface area contributed by atoms with Gasteiger partial charge < -0.3 is 14.5 Å². The van der Waals surface area contributed by atoms with E-state index in [-0.39, 0.29) is 18.1 Å². The molecule has 174 valence electrons. The van der Waals surface area contributed by atoms with Gasteiger partial charge in [0.2, 0.25) is 0 Å². The molecular formula is C26H25N3O5. The number of carbonyl (C=O) groups excluding carboxylic acids is 2. The van der Waals surface area contributed by atoms with Crippen LogP contribution in [0.15, 0.2) is 66.7 Å². The molecule has 0 saturated heterocycles. The topological polar surface area (TPSA) is 93.8 Å². The second-order valence-electron chi connectivity index (χ2n) is 7.49. The van der Waals surface area contributed by atoms with Crippen LogP contribution in [0.1, 0.15) is 33.5 Å². The zero-order valence-corrected chi connectivity index (χ0v) is 19.2. The fourth-order valence-electron chi connectivity index (χ4n) is 3.57. The Morgan fingerprint density at radius 1 is 1.00 bits per heavy atom. The van der Waals surface area contributed by atoms with Crippen molar-refractivity contribution in [1.82, 2.24) is 15.0 Å². The van der Waals surface area contributed by atoms with E-state index in [1.54, 1.807) is 32.2 Å². The average molecular weight is 460 g/mol. The Morgan fingerprint density at radius 3 is 2.50 bits per heavy atom. The van der Waals surface area contributed by atoms with E-state index in [1.807, 2.05) is 48.5 Å². The SMILES string of the molecule is CCOC(=O)c1cc2cc(-c3cccc(C(=O)N(Cc4ccc(OC)cc4)OC)n3)ccc2[nH]1. The molecule has 4 rings (SSSR count). The van der Waals surface area contributed by atoms with Crippen LogP contribution in [-0.4, -0.2) is 47.7 Å². The maximum absolute atomic E-state index is 13.1. The van der Waals surface area contributed by atoms with E-state index >= 15 is 0 Å². The van der Waals surface area contributed by atoms with E-state index in [0.717, 1.165) is 27.8 Å². The molecule has 4 aromatic rings. The summed E-state index contributed by atoms with van der Waals surface area (Å²) in [7, 11) is 3.05. The number of hydrogen-bond acceptors (Lipinski definition) is 6. The van der Waals surface area contributed by atoms with Crippen molar-refractivity contribution in [3.63, 3.8) is 0 Å². The van der Waals surface area contributed by atoms with E-state index in [2.05, 4.69) is 9.97 Å². The lowest BCUT2D eigenvalue weighted by Gasteiger charge is -2.19. The van der Waals surface area contributed by atoms with Crippen molar-refractivity contribution >= 4 is 22.8 Å². The molecule has 0 atom stereocenters. The van der Waals surface area contributed by atoms with Gasteiger partial charge in [0.25, 0.3) is 5.91 Å². The molecule has 2 heterocycles. The molecule has 8 nitrogen and oxygen atoms in total. The van der Waals surface area contributed by atoms with Gasteiger partial charge in [-0.05, 0) is 55.0 Å².